The summed E-state index contributed by atoms with van der Waals surface area (Å²) in [7, 11) is 0. The van der Waals surface area contributed by atoms with E-state index in [1.807, 2.05) is 43.3 Å². The smallest absolute Gasteiger partial charge is 0.317 e. The average molecular weight is 463 g/mol. The van der Waals surface area contributed by atoms with Crippen LogP contribution in [0.2, 0.25) is 0 Å². The summed E-state index contributed by atoms with van der Waals surface area (Å²) in [6.07, 6.45) is 4.78. The van der Waals surface area contributed by atoms with Gasteiger partial charge in [0.05, 0.1) is 17.6 Å². The van der Waals surface area contributed by atoms with Gasteiger partial charge in [-0.25, -0.2) is 0 Å². The molecule has 1 aliphatic rings. The van der Waals surface area contributed by atoms with Crippen molar-refractivity contribution in [3.8, 4) is 0 Å². The molecule has 0 radical (unpaired) electrons. The van der Waals surface area contributed by atoms with E-state index in [1.165, 1.54) is 28.4 Å². The number of likely N-dealkylation sites (tertiary alicyclic amines) is 1. The third kappa shape index (κ3) is 5.14. The summed E-state index contributed by atoms with van der Waals surface area (Å²) >= 11 is 0. The van der Waals surface area contributed by atoms with Crippen LogP contribution in [0, 0.1) is 0 Å². The third-order valence-electron chi connectivity index (χ3n) is 6.86. The molecule has 1 saturated heterocycles. The van der Waals surface area contributed by atoms with E-state index in [1.54, 1.807) is 12.1 Å². The molecule has 1 fully saturated rings. The molecule has 0 saturated carbocycles. The van der Waals surface area contributed by atoms with Crippen LogP contribution >= 0.6 is 0 Å². The topological polar surface area (TPSA) is 76.3 Å². The monoisotopic (exact) mass is 462 g/mol. The predicted molar refractivity (Wildman–Crippen MR) is 136 cm³/mol. The number of nitrogens with zero attached hydrogens (tertiary/aromatic N) is 3. The van der Waals surface area contributed by atoms with Gasteiger partial charge in [0.2, 0.25) is 0 Å². The van der Waals surface area contributed by atoms with E-state index in [0.717, 1.165) is 36.1 Å². The van der Waals surface area contributed by atoms with Gasteiger partial charge in [-0.05, 0) is 69.5 Å². The fourth-order valence-electron chi connectivity index (χ4n) is 4.86. The van der Waals surface area contributed by atoms with Gasteiger partial charge in [0.1, 0.15) is 0 Å². The lowest BCUT2D eigenvalue weighted by atomic mass is 10.0. The van der Waals surface area contributed by atoms with Gasteiger partial charge in [-0.15, -0.1) is 0 Å². The number of carbonyl (C=O) groups is 1. The van der Waals surface area contributed by atoms with E-state index in [2.05, 4.69) is 17.1 Å². The molecule has 34 heavy (non-hydrogen) atoms. The number of aryl methyl sites for hydroxylation is 1. The molecular weight excluding hydrogens is 428 g/mol. The van der Waals surface area contributed by atoms with Crippen LogP contribution in [0.1, 0.15) is 55.5 Å². The molecule has 0 bridgehead atoms. The standard InChI is InChI=1S/C27H34N4O3/c1-3-30-23-10-4-5-11-24(23)31(27(34)26(30)33)19-21-12-14-22(15-13-21)25(32)28-16-8-18-29-17-7-6-9-20(29)2/h4-5,10-15,20H,3,6-9,16-19H2,1-2H3,(H,28,32)/t20-/m0/s1. The number of hydrogen-bond donors (Lipinski definition) is 1. The molecule has 1 aliphatic heterocycles. The lowest BCUT2D eigenvalue weighted by Gasteiger charge is -2.33. The van der Waals surface area contributed by atoms with Crippen molar-refractivity contribution in [2.45, 2.75) is 58.7 Å². The SMILES string of the molecule is CCn1c(=O)c(=O)n(Cc2ccc(C(=O)NCCCN3CCCC[C@@H]3C)cc2)c2ccccc21. The Labute approximate surface area is 200 Å². The van der Waals surface area contributed by atoms with Crippen LogP contribution in [0.15, 0.2) is 58.1 Å². The Morgan fingerprint density at radius 1 is 0.971 bits per heavy atom. The molecular formula is C27H34N4O3. The van der Waals surface area contributed by atoms with Crippen LogP contribution in [-0.4, -0.2) is 45.6 Å². The van der Waals surface area contributed by atoms with E-state index < -0.39 is 11.1 Å². The number of para-hydroxylation sites is 2. The number of fused-ring (bicyclic) bond motifs is 1. The fourth-order valence-corrected chi connectivity index (χ4v) is 4.86. The lowest BCUT2D eigenvalue weighted by molar-refractivity contribution is 0.0949. The van der Waals surface area contributed by atoms with Crippen LogP contribution < -0.4 is 16.4 Å². The highest BCUT2D eigenvalue weighted by atomic mass is 16.2. The minimum atomic E-state index is -0.537. The van der Waals surface area contributed by atoms with Crippen LogP contribution in [0.5, 0.6) is 0 Å². The number of aromatic nitrogens is 2. The number of carbonyl (C=O) groups excluding carboxylic acids is 1. The maximum absolute atomic E-state index is 12.8. The summed E-state index contributed by atoms with van der Waals surface area (Å²) in [6.45, 7) is 7.67. The summed E-state index contributed by atoms with van der Waals surface area (Å²) in [5.74, 6) is -0.0913. The first-order chi connectivity index (χ1) is 16.5. The minimum absolute atomic E-state index is 0.0913. The maximum Gasteiger partial charge on any atom is 0.317 e. The number of hydrogen-bond acceptors (Lipinski definition) is 4. The second-order valence-corrected chi connectivity index (χ2v) is 9.12. The molecule has 0 spiro atoms. The Bertz CT molecular complexity index is 1260. The largest absolute Gasteiger partial charge is 0.352 e. The molecule has 1 N–H and O–H groups in total. The van der Waals surface area contributed by atoms with Gasteiger partial charge in [-0.3, -0.25) is 19.0 Å². The van der Waals surface area contributed by atoms with Crippen molar-refractivity contribution < 1.29 is 4.79 Å². The Morgan fingerprint density at radius 3 is 2.32 bits per heavy atom. The molecule has 1 aromatic heterocycles. The number of piperidine rings is 1. The fraction of sp³-hybridized carbons (Fsp3) is 0.444. The zero-order valence-corrected chi connectivity index (χ0v) is 20.1. The van der Waals surface area contributed by atoms with Crippen molar-refractivity contribution >= 4 is 16.9 Å². The Balaban J connectivity index is 1.40. The minimum Gasteiger partial charge on any atom is -0.352 e. The molecule has 4 rings (SSSR count). The molecule has 2 heterocycles. The summed E-state index contributed by atoms with van der Waals surface area (Å²) in [5, 5.41) is 3.01. The van der Waals surface area contributed by atoms with Crippen molar-refractivity contribution in [3.05, 3.63) is 80.4 Å². The van der Waals surface area contributed by atoms with E-state index in [0.29, 0.717) is 24.7 Å². The molecule has 3 aromatic rings. The van der Waals surface area contributed by atoms with Crippen LogP contribution in [-0.2, 0) is 13.1 Å². The van der Waals surface area contributed by atoms with Gasteiger partial charge >= 0.3 is 11.1 Å². The van der Waals surface area contributed by atoms with Gasteiger partial charge < -0.3 is 14.8 Å². The summed E-state index contributed by atoms with van der Waals surface area (Å²) < 4.78 is 3.02. The maximum atomic E-state index is 12.8. The first kappa shape index (κ1) is 24.0. The molecule has 1 amide bonds. The van der Waals surface area contributed by atoms with Crippen molar-refractivity contribution in [2.24, 2.45) is 0 Å². The van der Waals surface area contributed by atoms with E-state index >= 15 is 0 Å². The predicted octanol–water partition coefficient (Wildman–Crippen LogP) is 3.23. The highest BCUT2D eigenvalue weighted by Gasteiger charge is 2.17. The Kier molecular flexibility index (Phi) is 7.63. The zero-order chi connectivity index (χ0) is 24.1. The average Bonchev–Trinajstić information content (AvgIpc) is 2.86. The number of rotatable bonds is 8. The molecule has 7 heteroatoms. The molecule has 2 aromatic carbocycles. The Hall–Kier alpha value is -3.19. The highest BCUT2D eigenvalue weighted by molar-refractivity contribution is 5.94. The van der Waals surface area contributed by atoms with Crippen LogP contribution in [0.3, 0.4) is 0 Å². The molecule has 0 aliphatic carbocycles. The molecule has 180 valence electrons. The van der Waals surface area contributed by atoms with E-state index in [9.17, 15) is 14.4 Å². The van der Waals surface area contributed by atoms with E-state index in [4.69, 9.17) is 0 Å². The van der Waals surface area contributed by atoms with Crippen LogP contribution in [0.25, 0.3) is 11.0 Å². The van der Waals surface area contributed by atoms with Gasteiger partial charge in [-0.1, -0.05) is 30.7 Å². The lowest BCUT2D eigenvalue weighted by Crippen LogP contribution is -2.41. The molecule has 0 unspecified atom stereocenters. The molecule has 7 nitrogen and oxygen atoms in total. The van der Waals surface area contributed by atoms with Gasteiger partial charge in [0, 0.05) is 31.2 Å². The summed E-state index contributed by atoms with van der Waals surface area (Å²) in [6, 6.07) is 15.3. The second kappa shape index (κ2) is 10.8. The van der Waals surface area contributed by atoms with Crippen molar-refractivity contribution in [2.75, 3.05) is 19.6 Å². The zero-order valence-electron chi connectivity index (χ0n) is 20.1. The summed E-state index contributed by atoms with van der Waals surface area (Å²) in [5.41, 5.74) is 1.86. The van der Waals surface area contributed by atoms with Gasteiger partial charge in [0.25, 0.3) is 5.91 Å². The normalized spacial score (nSPS) is 16.6. The highest BCUT2D eigenvalue weighted by Crippen LogP contribution is 2.16. The van der Waals surface area contributed by atoms with Crippen molar-refractivity contribution in [1.29, 1.82) is 0 Å². The quantitative estimate of drug-likeness (QED) is 0.412. The number of nitrogens with one attached hydrogen (secondary N) is 1. The van der Waals surface area contributed by atoms with Crippen LogP contribution in [0.4, 0.5) is 0 Å². The Morgan fingerprint density at radius 2 is 1.65 bits per heavy atom. The van der Waals surface area contributed by atoms with Crippen molar-refractivity contribution in [1.82, 2.24) is 19.4 Å². The first-order valence-corrected chi connectivity index (χ1v) is 12.3. The number of benzene rings is 2. The van der Waals surface area contributed by atoms with Gasteiger partial charge in [0.15, 0.2) is 0 Å². The van der Waals surface area contributed by atoms with Gasteiger partial charge in [-0.2, -0.15) is 0 Å². The second-order valence-electron chi connectivity index (χ2n) is 9.12. The molecule has 1 atom stereocenters. The summed E-state index contributed by atoms with van der Waals surface area (Å²) in [4.78, 5) is 40.4. The number of amides is 1. The first-order valence-electron chi connectivity index (χ1n) is 12.3. The third-order valence-corrected chi connectivity index (χ3v) is 6.86. The van der Waals surface area contributed by atoms with Crippen molar-refractivity contribution in [3.63, 3.8) is 0 Å². The van der Waals surface area contributed by atoms with E-state index in [-0.39, 0.29) is 12.5 Å².